The van der Waals surface area contributed by atoms with E-state index in [1.165, 1.54) is 12.1 Å². The number of nitrogens with zero attached hydrogens (tertiary/aromatic N) is 1. The smallest absolute Gasteiger partial charge is 0.124 e. The fraction of sp³-hybridized carbons (Fsp3) is 0.455. The largest absolute Gasteiger partial charge is 0.329 e. The number of hydrogen-bond donors (Lipinski definition) is 1. The zero-order valence-electron chi connectivity index (χ0n) is 9.00. The van der Waals surface area contributed by atoms with Gasteiger partial charge < -0.3 is 5.73 Å². The zero-order chi connectivity index (χ0) is 11.4. The maximum absolute atomic E-state index is 12.9. The van der Waals surface area contributed by atoms with E-state index in [-0.39, 0.29) is 11.9 Å². The van der Waals surface area contributed by atoms with Gasteiger partial charge in [0.05, 0.1) is 0 Å². The number of hydrogen-bond acceptors (Lipinski definition) is 2. The molecule has 1 atom stereocenters. The fourth-order valence-corrected chi connectivity index (χ4v) is 2.15. The molecule has 0 heterocycles. The predicted octanol–water partition coefficient (Wildman–Crippen LogP) is 2.54. The first-order chi connectivity index (χ1) is 7.10. The Morgan fingerprint density at radius 1 is 1.53 bits per heavy atom. The summed E-state index contributed by atoms with van der Waals surface area (Å²) in [5, 5.41) is 0. The summed E-state index contributed by atoms with van der Waals surface area (Å²) < 4.78 is 13.7. The third-order valence-electron chi connectivity index (χ3n) is 2.58. The molecule has 0 aliphatic heterocycles. The van der Waals surface area contributed by atoms with Gasteiger partial charge in [0, 0.05) is 17.1 Å². The number of nitrogens with two attached hydrogens (primary N) is 1. The van der Waals surface area contributed by atoms with E-state index in [0.717, 1.165) is 16.6 Å². The zero-order valence-corrected chi connectivity index (χ0v) is 10.6. The first-order valence-corrected chi connectivity index (χ1v) is 5.74. The summed E-state index contributed by atoms with van der Waals surface area (Å²) >= 11 is 3.36. The lowest BCUT2D eigenvalue weighted by Gasteiger charge is -2.26. The molecule has 1 rings (SSSR count). The Morgan fingerprint density at radius 2 is 2.20 bits per heavy atom. The molecule has 0 aromatic heterocycles. The van der Waals surface area contributed by atoms with E-state index in [9.17, 15) is 4.39 Å². The van der Waals surface area contributed by atoms with Gasteiger partial charge in [-0.1, -0.05) is 28.9 Å². The van der Waals surface area contributed by atoms with Gasteiger partial charge in [-0.3, -0.25) is 4.90 Å². The maximum Gasteiger partial charge on any atom is 0.124 e. The summed E-state index contributed by atoms with van der Waals surface area (Å²) in [6, 6.07) is 4.85. The Bertz CT molecular complexity index is 330. The van der Waals surface area contributed by atoms with Gasteiger partial charge in [-0.05, 0) is 31.3 Å². The van der Waals surface area contributed by atoms with E-state index in [4.69, 9.17) is 5.73 Å². The monoisotopic (exact) mass is 274 g/mol. The van der Waals surface area contributed by atoms with Crippen LogP contribution in [0.5, 0.6) is 0 Å². The normalized spacial score (nSPS) is 13.2. The van der Waals surface area contributed by atoms with Crippen molar-refractivity contribution in [1.29, 1.82) is 0 Å². The molecule has 1 aromatic rings. The quantitative estimate of drug-likeness (QED) is 0.915. The average Bonchev–Trinajstić information content (AvgIpc) is 2.21. The van der Waals surface area contributed by atoms with Crippen LogP contribution in [0.3, 0.4) is 0 Å². The minimum atomic E-state index is -0.236. The lowest BCUT2D eigenvalue weighted by atomic mass is 10.1. The Balaban J connectivity index is 3.01. The molecule has 0 saturated carbocycles. The summed E-state index contributed by atoms with van der Waals surface area (Å²) in [7, 11) is 2.01. The number of halogens is 2. The minimum absolute atomic E-state index is 0.130. The molecule has 0 spiro atoms. The van der Waals surface area contributed by atoms with E-state index in [1.807, 2.05) is 7.05 Å². The van der Waals surface area contributed by atoms with Crippen molar-refractivity contribution in [1.82, 2.24) is 4.90 Å². The van der Waals surface area contributed by atoms with E-state index in [1.54, 1.807) is 6.07 Å². The third-order valence-corrected chi connectivity index (χ3v) is 3.26. The van der Waals surface area contributed by atoms with Crippen LogP contribution in [-0.4, -0.2) is 25.0 Å². The van der Waals surface area contributed by atoms with Crippen molar-refractivity contribution in [2.75, 3.05) is 20.1 Å². The standard InChI is InChI=1S/C11H16BrFN2/c1-3-15(2)11(7-14)9-5-4-8(13)6-10(9)12/h4-6,11H,3,7,14H2,1-2H3. The fourth-order valence-electron chi connectivity index (χ4n) is 1.54. The van der Waals surface area contributed by atoms with Crippen molar-refractivity contribution in [2.45, 2.75) is 13.0 Å². The molecule has 2 N–H and O–H groups in total. The van der Waals surface area contributed by atoms with E-state index < -0.39 is 0 Å². The highest BCUT2D eigenvalue weighted by molar-refractivity contribution is 9.10. The molecule has 0 aliphatic carbocycles. The highest BCUT2D eigenvalue weighted by Gasteiger charge is 2.16. The summed E-state index contributed by atoms with van der Waals surface area (Å²) in [6.45, 7) is 3.50. The SMILES string of the molecule is CCN(C)C(CN)c1ccc(F)cc1Br. The van der Waals surface area contributed by atoms with Crippen molar-refractivity contribution in [3.8, 4) is 0 Å². The molecule has 1 aromatic carbocycles. The highest BCUT2D eigenvalue weighted by Crippen LogP contribution is 2.27. The van der Waals surface area contributed by atoms with Gasteiger partial charge in [-0.2, -0.15) is 0 Å². The van der Waals surface area contributed by atoms with Crippen molar-refractivity contribution in [2.24, 2.45) is 5.73 Å². The van der Waals surface area contributed by atoms with Crippen LogP contribution in [0.1, 0.15) is 18.5 Å². The van der Waals surface area contributed by atoms with Gasteiger partial charge in [-0.15, -0.1) is 0 Å². The van der Waals surface area contributed by atoms with Crippen LogP contribution < -0.4 is 5.73 Å². The average molecular weight is 275 g/mol. The first-order valence-electron chi connectivity index (χ1n) is 4.95. The van der Waals surface area contributed by atoms with Crippen molar-refractivity contribution in [3.63, 3.8) is 0 Å². The molecule has 0 fully saturated rings. The second-order valence-electron chi connectivity index (χ2n) is 3.49. The molecule has 0 amide bonds. The number of likely N-dealkylation sites (N-methyl/N-ethyl adjacent to an activating group) is 1. The molecule has 0 bridgehead atoms. The minimum Gasteiger partial charge on any atom is -0.329 e. The summed E-state index contributed by atoms with van der Waals surface area (Å²) in [5.74, 6) is -0.236. The molecule has 0 aliphatic rings. The van der Waals surface area contributed by atoms with E-state index >= 15 is 0 Å². The first kappa shape index (κ1) is 12.6. The van der Waals surface area contributed by atoms with Gasteiger partial charge >= 0.3 is 0 Å². The van der Waals surface area contributed by atoms with Gasteiger partial charge in [0.25, 0.3) is 0 Å². The van der Waals surface area contributed by atoms with Crippen LogP contribution in [0.25, 0.3) is 0 Å². The number of benzene rings is 1. The maximum atomic E-state index is 12.9. The molecular weight excluding hydrogens is 259 g/mol. The Kier molecular flexibility index (Phi) is 4.70. The molecule has 15 heavy (non-hydrogen) atoms. The summed E-state index contributed by atoms with van der Waals surface area (Å²) in [5.41, 5.74) is 6.76. The second kappa shape index (κ2) is 5.58. The predicted molar refractivity (Wildman–Crippen MR) is 64.2 cm³/mol. The molecule has 0 saturated heterocycles. The molecular formula is C11H16BrFN2. The summed E-state index contributed by atoms with van der Waals surface area (Å²) in [6.07, 6.45) is 0. The van der Waals surface area contributed by atoms with Crippen LogP contribution in [0.4, 0.5) is 4.39 Å². The van der Waals surface area contributed by atoms with Gasteiger partial charge in [0.1, 0.15) is 5.82 Å². The molecule has 2 nitrogen and oxygen atoms in total. The highest BCUT2D eigenvalue weighted by atomic mass is 79.9. The van der Waals surface area contributed by atoms with Crippen molar-refractivity contribution in [3.05, 3.63) is 34.1 Å². The molecule has 84 valence electrons. The van der Waals surface area contributed by atoms with Gasteiger partial charge in [0.2, 0.25) is 0 Å². The van der Waals surface area contributed by atoms with Crippen LogP contribution in [0.15, 0.2) is 22.7 Å². The number of rotatable bonds is 4. The lowest BCUT2D eigenvalue weighted by Crippen LogP contribution is -2.30. The molecule has 0 radical (unpaired) electrons. The Hall–Kier alpha value is -0.450. The van der Waals surface area contributed by atoms with Crippen LogP contribution in [0, 0.1) is 5.82 Å². The third kappa shape index (κ3) is 3.00. The van der Waals surface area contributed by atoms with E-state index in [0.29, 0.717) is 6.54 Å². The van der Waals surface area contributed by atoms with Crippen molar-refractivity contribution < 1.29 is 4.39 Å². The second-order valence-corrected chi connectivity index (χ2v) is 4.34. The van der Waals surface area contributed by atoms with Gasteiger partial charge in [-0.25, -0.2) is 4.39 Å². The Morgan fingerprint density at radius 3 is 2.67 bits per heavy atom. The van der Waals surface area contributed by atoms with E-state index in [2.05, 4.69) is 27.8 Å². The Labute approximate surface area is 98.4 Å². The van der Waals surface area contributed by atoms with Crippen molar-refractivity contribution >= 4 is 15.9 Å². The van der Waals surface area contributed by atoms with Crippen LogP contribution >= 0.6 is 15.9 Å². The molecule has 4 heteroatoms. The van der Waals surface area contributed by atoms with Crippen LogP contribution in [-0.2, 0) is 0 Å². The van der Waals surface area contributed by atoms with Gasteiger partial charge in [0.15, 0.2) is 0 Å². The molecule has 1 unspecified atom stereocenters. The summed E-state index contributed by atoms with van der Waals surface area (Å²) in [4.78, 5) is 2.14. The topological polar surface area (TPSA) is 29.3 Å². The van der Waals surface area contributed by atoms with Crippen LogP contribution in [0.2, 0.25) is 0 Å². The lowest BCUT2D eigenvalue weighted by molar-refractivity contribution is 0.262.